The Hall–Kier alpha value is -2.14. The summed E-state index contributed by atoms with van der Waals surface area (Å²) in [4.78, 5) is 12.5. The molecule has 0 aliphatic rings. The summed E-state index contributed by atoms with van der Waals surface area (Å²) < 4.78 is 1.87. The number of amides is 1. The highest BCUT2D eigenvalue weighted by atomic mass is 16.1. The average Bonchev–Trinajstić information content (AvgIpc) is 3.00. The third-order valence-electron chi connectivity index (χ3n) is 3.89. The number of carbonyl (C=O) groups is 1. The molecule has 0 saturated heterocycles. The fourth-order valence-corrected chi connectivity index (χ4v) is 2.64. The molecule has 0 spiro atoms. The highest BCUT2D eigenvalue weighted by Crippen LogP contribution is 2.23. The van der Waals surface area contributed by atoms with E-state index in [0.717, 1.165) is 30.9 Å². The van der Waals surface area contributed by atoms with Gasteiger partial charge in [0.05, 0.1) is 23.1 Å². The van der Waals surface area contributed by atoms with Crippen LogP contribution in [-0.4, -0.2) is 35.3 Å². The van der Waals surface area contributed by atoms with E-state index < -0.39 is 0 Å². The summed E-state index contributed by atoms with van der Waals surface area (Å²) in [6.45, 7) is 10.7. The normalized spacial score (nSPS) is 11.0. The summed E-state index contributed by atoms with van der Waals surface area (Å²) in [6.07, 6.45) is 2.76. The molecule has 1 aromatic heterocycles. The third kappa shape index (κ3) is 4.45. The van der Waals surface area contributed by atoms with E-state index in [0.29, 0.717) is 12.1 Å². The van der Waals surface area contributed by atoms with Crippen molar-refractivity contribution in [1.29, 1.82) is 0 Å². The Kier molecular flexibility index (Phi) is 6.55. The van der Waals surface area contributed by atoms with Crippen LogP contribution in [0, 0.1) is 6.92 Å². The molecule has 1 amide bonds. The highest BCUT2D eigenvalue weighted by Gasteiger charge is 2.20. The van der Waals surface area contributed by atoms with Gasteiger partial charge in [0.2, 0.25) is 0 Å². The summed E-state index contributed by atoms with van der Waals surface area (Å²) in [7, 11) is 0. The van der Waals surface area contributed by atoms with Gasteiger partial charge in [-0.15, -0.1) is 0 Å². The molecular weight excluding hydrogens is 300 g/mol. The molecule has 1 aromatic carbocycles. The van der Waals surface area contributed by atoms with Crippen LogP contribution in [0.15, 0.2) is 30.5 Å². The van der Waals surface area contributed by atoms with Gasteiger partial charge < -0.3 is 10.6 Å². The molecule has 0 aliphatic carbocycles. The zero-order valence-corrected chi connectivity index (χ0v) is 15.1. The maximum Gasteiger partial charge on any atom is 0.254 e. The molecule has 0 aliphatic heterocycles. The zero-order chi connectivity index (χ0) is 17.5. The molecule has 0 fully saturated rings. The van der Waals surface area contributed by atoms with Gasteiger partial charge in [0.1, 0.15) is 0 Å². The predicted molar refractivity (Wildman–Crippen MR) is 97.9 cm³/mol. The van der Waals surface area contributed by atoms with E-state index in [1.165, 1.54) is 5.56 Å². The fraction of sp³-hybridized carbons (Fsp3) is 0.474. The monoisotopic (exact) mass is 328 g/mol. The van der Waals surface area contributed by atoms with Crippen LogP contribution in [0.3, 0.4) is 0 Å². The van der Waals surface area contributed by atoms with E-state index in [9.17, 15) is 4.79 Å². The number of nitrogens with one attached hydrogen (secondary N) is 2. The Labute approximate surface area is 144 Å². The minimum Gasteiger partial charge on any atom is -0.351 e. The maximum atomic E-state index is 12.5. The molecule has 0 atom stereocenters. The number of carbonyl (C=O) groups excluding carboxylic acids is 1. The van der Waals surface area contributed by atoms with Gasteiger partial charge in [-0.3, -0.25) is 4.79 Å². The first kappa shape index (κ1) is 18.2. The molecule has 0 bridgehead atoms. The van der Waals surface area contributed by atoms with Gasteiger partial charge in [0, 0.05) is 13.1 Å². The number of hydrogen-bond donors (Lipinski definition) is 2. The smallest absolute Gasteiger partial charge is 0.254 e. The molecule has 2 aromatic rings. The van der Waals surface area contributed by atoms with E-state index in [2.05, 4.69) is 55.6 Å². The molecule has 0 radical (unpaired) electrons. The van der Waals surface area contributed by atoms with Crippen molar-refractivity contribution < 1.29 is 4.79 Å². The van der Waals surface area contributed by atoms with Crippen molar-refractivity contribution in [3.8, 4) is 5.69 Å². The van der Waals surface area contributed by atoms with Crippen molar-refractivity contribution in [2.24, 2.45) is 0 Å². The molecule has 5 nitrogen and oxygen atoms in total. The van der Waals surface area contributed by atoms with Crippen molar-refractivity contribution in [2.75, 3.05) is 19.6 Å². The minimum atomic E-state index is -0.0599. The lowest BCUT2D eigenvalue weighted by atomic mass is 10.0. The van der Waals surface area contributed by atoms with Gasteiger partial charge in [-0.25, -0.2) is 4.68 Å². The first-order valence-electron chi connectivity index (χ1n) is 8.68. The van der Waals surface area contributed by atoms with E-state index in [1.807, 2.05) is 16.8 Å². The largest absolute Gasteiger partial charge is 0.351 e. The first-order chi connectivity index (χ1) is 11.5. The van der Waals surface area contributed by atoms with Crippen LogP contribution in [-0.2, 0) is 0 Å². The van der Waals surface area contributed by atoms with E-state index in [-0.39, 0.29) is 11.8 Å². The van der Waals surface area contributed by atoms with Crippen LogP contribution in [0.1, 0.15) is 54.7 Å². The van der Waals surface area contributed by atoms with Crippen molar-refractivity contribution >= 4 is 5.91 Å². The SMILES string of the molecule is CCCNCCNC(=O)c1cnn(-c2ccc(C)cc2)c1C(C)C. The maximum absolute atomic E-state index is 12.5. The number of aryl methyl sites for hydroxylation is 1. The number of aromatic nitrogens is 2. The fourth-order valence-electron chi connectivity index (χ4n) is 2.64. The second-order valence-electron chi connectivity index (χ2n) is 6.35. The summed E-state index contributed by atoms with van der Waals surface area (Å²) in [5.41, 5.74) is 3.78. The summed E-state index contributed by atoms with van der Waals surface area (Å²) in [5.74, 6) is 0.142. The zero-order valence-electron chi connectivity index (χ0n) is 15.1. The van der Waals surface area contributed by atoms with Crippen molar-refractivity contribution in [2.45, 2.75) is 40.0 Å². The molecule has 0 saturated carbocycles. The molecule has 1 heterocycles. The number of nitrogens with zero attached hydrogens (tertiary/aromatic N) is 2. The Morgan fingerprint density at radius 1 is 1.17 bits per heavy atom. The molecular formula is C19H28N4O. The Morgan fingerprint density at radius 3 is 2.50 bits per heavy atom. The van der Waals surface area contributed by atoms with Crippen LogP contribution in [0.25, 0.3) is 5.69 Å². The summed E-state index contributed by atoms with van der Waals surface area (Å²) >= 11 is 0. The molecule has 0 unspecified atom stereocenters. The lowest BCUT2D eigenvalue weighted by Crippen LogP contribution is -2.32. The van der Waals surface area contributed by atoms with Gasteiger partial charge in [0.15, 0.2) is 0 Å². The van der Waals surface area contributed by atoms with Crippen LogP contribution in [0.5, 0.6) is 0 Å². The van der Waals surface area contributed by atoms with E-state index in [1.54, 1.807) is 6.20 Å². The first-order valence-corrected chi connectivity index (χ1v) is 8.68. The van der Waals surface area contributed by atoms with Gasteiger partial charge in [-0.05, 0) is 37.9 Å². The molecule has 2 N–H and O–H groups in total. The van der Waals surface area contributed by atoms with Crippen LogP contribution < -0.4 is 10.6 Å². The van der Waals surface area contributed by atoms with Gasteiger partial charge in [0.25, 0.3) is 5.91 Å². The van der Waals surface area contributed by atoms with Crippen molar-refractivity contribution in [3.63, 3.8) is 0 Å². The van der Waals surface area contributed by atoms with Crippen molar-refractivity contribution in [1.82, 2.24) is 20.4 Å². The Bertz CT molecular complexity index is 659. The quantitative estimate of drug-likeness (QED) is 0.732. The Morgan fingerprint density at radius 2 is 1.88 bits per heavy atom. The molecule has 130 valence electrons. The second kappa shape index (κ2) is 8.64. The summed E-state index contributed by atoms with van der Waals surface area (Å²) in [5, 5.41) is 10.7. The van der Waals surface area contributed by atoms with Crippen LogP contribution in [0.4, 0.5) is 0 Å². The molecule has 24 heavy (non-hydrogen) atoms. The lowest BCUT2D eigenvalue weighted by Gasteiger charge is -2.13. The summed E-state index contributed by atoms with van der Waals surface area (Å²) in [6, 6.07) is 8.18. The number of hydrogen-bond acceptors (Lipinski definition) is 3. The molecule has 5 heteroatoms. The number of rotatable bonds is 8. The minimum absolute atomic E-state index is 0.0599. The van der Waals surface area contributed by atoms with Gasteiger partial charge in [-0.1, -0.05) is 38.5 Å². The average molecular weight is 328 g/mol. The second-order valence-corrected chi connectivity index (χ2v) is 6.35. The Balaban J connectivity index is 2.16. The lowest BCUT2D eigenvalue weighted by molar-refractivity contribution is 0.0952. The third-order valence-corrected chi connectivity index (χ3v) is 3.89. The topological polar surface area (TPSA) is 58.9 Å². The van der Waals surface area contributed by atoms with Gasteiger partial charge >= 0.3 is 0 Å². The highest BCUT2D eigenvalue weighted by molar-refractivity contribution is 5.95. The van der Waals surface area contributed by atoms with Crippen LogP contribution in [0.2, 0.25) is 0 Å². The van der Waals surface area contributed by atoms with Gasteiger partial charge in [-0.2, -0.15) is 5.10 Å². The number of benzene rings is 1. The van der Waals surface area contributed by atoms with E-state index in [4.69, 9.17) is 0 Å². The standard InChI is InChI=1S/C19H28N4O/c1-5-10-20-11-12-21-19(24)17-13-22-23(18(17)14(2)3)16-8-6-15(4)7-9-16/h6-9,13-14,20H,5,10-12H2,1-4H3,(H,21,24). The van der Waals surface area contributed by atoms with E-state index >= 15 is 0 Å². The van der Waals surface area contributed by atoms with Crippen molar-refractivity contribution in [3.05, 3.63) is 47.3 Å². The van der Waals surface area contributed by atoms with Crippen LogP contribution >= 0.6 is 0 Å². The molecule has 2 rings (SSSR count). The predicted octanol–water partition coefficient (Wildman–Crippen LogP) is 3.03.